The van der Waals surface area contributed by atoms with Gasteiger partial charge in [-0.05, 0) is 11.8 Å². The van der Waals surface area contributed by atoms with Gasteiger partial charge in [-0.2, -0.15) is 13.2 Å². The molecule has 1 aromatic heterocycles. The van der Waals surface area contributed by atoms with Crippen molar-refractivity contribution in [1.82, 2.24) is 5.27 Å². The number of anilines is 1. The maximum absolute atomic E-state index is 13.7. The van der Waals surface area contributed by atoms with Gasteiger partial charge in [-0.15, -0.1) is 0 Å². The summed E-state index contributed by atoms with van der Waals surface area (Å²) >= 11 is 0.505. The molecule has 0 saturated heterocycles. The fourth-order valence-corrected chi connectivity index (χ4v) is 2.47. The molecule has 0 unspecified atom stereocenters. The smallest absolute Gasteiger partial charge is 0.422 e. The summed E-state index contributed by atoms with van der Waals surface area (Å²) in [5.41, 5.74) is -4.48. The van der Waals surface area contributed by atoms with Gasteiger partial charge in [0.05, 0.1) is 11.0 Å². The fraction of sp³-hybridized carbons (Fsp3) is 0.250. The molecular formula is C12H6F7N3O3S. The van der Waals surface area contributed by atoms with Crippen molar-refractivity contribution >= 4 is 23.4 Å². The SMILES string of the molecule is C[n+]1noc([O-])c1SCC(=O)Nc1c(F)c(F)c(C(F)(F)F)c(F)c1F. The maximum atomic E-state index is 13.7. The lowest BCUT2D eigenvalue weighted by Crippen LogP contribution is -2.32. The Bertz CT molecular complexity index is 820. The number of alkyl halides is 3. The van der Waals surface area contributed by atoms with Crippen molar-refractivity contribution in [2.24, 2.45) is 7.05 Å². The molecule has 0 aliphatic heterocycles. The molecule has 0 spiro atoms. The quantitative estimate of drug-likeness (QED) is 0.364. The number of amides is 1. The molecule has 0 bridgehead atoms. The van der Waals surface area contributed by atoms with E-state index in [1.165, 1.54) is 12.4 Å². The summed E-state index contributed by atoms with van der Waals surface area (Å²) < 4.78 is 96.8. The molecular weight excluding hydrogens is 399 g/mol. The minimum absolute atomic E-state index is 0.175. The average molecular weight is 405 g/mol. The molecule has 1 N–H and O–H groups in total. The third-order valence-electron chi connectivity index (χ3n) is 2.87. The number of aryl methyl sites for hydroxylation is 1. The predicted octanol–water partition coefficient (Wildman–Crippen LogP) is 1.88. The van der Waals surface area contributed by atoms with Crippen LogP contribution in [-0.2, 0) is 18.0 Å². The number of halogens is 7. The van der Waals surface area contributed by atoms with Gasteiger partial charge in [-0.25, -0.2) is 17.6 Å². The van der Waals surface area contributed by atoms with E-state index in [1.807, 2.05) is 0 Å². The van der Waals surface area contributed by atoms with E-state index in [4.69, 9.17) is 0 Å². The Kier molecular flexibility index (Phi) is 5.34. The lowest BCUT2D eigenvalue weighted by atomic mass is 10.1. The van der Waals surface area contributed by atoms with Crippen LogP contribution >= 0.6 is 11.8 Å². The van der Waals surface area contributed by atoms with E-state index in [0.29, 0.717) is 11.8 Å². The molecule has 0 fully saturated rings. The lowest BCUT2D eigenvalue weighted by molar-refractivity contribution is -0.772. The van der Waals surface area contributed by atoms with Crippen LogP contribution < -0.4 is 15.1 Å². The molecule has 26 heavy (non-hydrogen) atoms. The van der Waals surface area contributed by atoms with E-state index in [-0.39, 0.29) is 5.03 Å². The van der Waals surface area contributed by atoms with Crippen molar-refractivity contribution in [3.8, 4) is 5.95 Å². The Hall–Kier alpha value is -2.51. The minimum Gasteiger partial charge on any atom is -0.538 e. The Balaban J connectivity index is 2.26. The Morgan fingerprint density at radius 2 is 1.73 bits per heavy atom. The maximum Gasteiger partial charge on any atom is 0.422 e. The van der Waals surface area contributed by atoms with Gasteiger partial charge in [0.2, 0.25) is 5.91 Å². The van der Waals surface area contributed by atoms with Crippen molar-refractivity contribution in [3.05, 3.63) is 28.8 Å². The number of aromatic nitrogens is 2. The van der Waals surface area contributed by atoms with Crippen LogP contribution in [-0.4, -0.2) is 16.9 Å². The zero-order valence-electron chi connectivity index (χ0n) is 12.4. The van der Waals surface area contributed by atoms with Gasteiger partial charge in [-0.1, -0.05) is 4.68 Å². The molecule has 1 amide bonds. The second kappa shape index (κ2) is 7.01. The van der Waals surface area contributed by atoms with Crippen molar-refractivity contribution in [1.29, 1.82) is 0 Å². The van der Waals surface area contributed by atoms with Crippen LogP contribution in [0, 0.1) is 23.3 Å². The third-order valence-corrected chi connectivity index (χ3v) is 3.98. The summed E-state index contributed by atoms with van der Waals surface area (Å²) in [6, 6.07) is 0. The van der Waals surface area contributed by atoms with Crippen LogP contribution in [0.5, 0.6) is 5.95 Å². The topological polar surface area (TPSA) is 82.1 Å². The molecule has 0 aliphatic carbocycles. The van der Waals surface area contributed by atoms with Crippen LogP contribution in [0.4, 0.5) is 36.4 Å². The summed E-state index contributed by atoms with van der Waals surface area (Å²) in [6.45, 7) is 0. The van der Waals surface area contributed by atoms with Gasteiger partial charge < -0.3 is 14.9 Å². The van der Waals surface area contributed by atoms with E-state index in [0.717, 1.165) is 4.68 Å². The van der Waals surface area contributed by atoms with Gasteiger partial charge in [0.25, 0.3) is 5.03 Å². The first-order valence-electron chi connectivity index (χ1n) is 6.33. The highest BCUT2D eigenvalue weighted by molar-refractivity contribution is 7.99. The normalized spacial score (nSPS) is 11.7. The van der Waals surface area contributed by atoms with E-state index < -0.39 is 58.3 Å². The molecule has 6 nitrogen and oxygen atoms in total. The first kappa shape index (κ1) is 19.8. The zero-order valence-corrected chi connectivity index (χ0v) is 13.2. The van der Waals surface area contributed by atoms with Crippen LogP contribution in [0.2, 0.25) is 0 Å². The van der Waals surface area contributed by atoms with E-state index in [9.17, 15) is 40.6 Å². The fourth-order valence-electron chi connectivity index (χ4n) is 1.76. The highest BCUT2D eigenvalue weighted by Crippen LogP contribution is 2.38. The third kappa shape index (κ3) is 3.68. The monoisotopic (exact) mass is 405 g/mol. The van der Waals surface area contributed by atoms with Gasteiger partial charge in [-0.3, -0.25) is 4.79 Å². The first-order chi connectivity index (χ1) is 11.9. The number of hydrogen-bond donors (Lipinski definition) is 1. The van der Waals surface area contributed by atoms with Crippen LogP contribution in [0.1, 0.15) is 5.56 Å². The molecule has 2 aromatic rings. The van der Waals surface area contributed by atoms with Gasteiger partial charge >= 0.3 is 6.18 Å². The van der Waals surface area contributed by atoms with Crippen molar-refractivity contribution in [2.45, 2.75) is 11.2 Å². The predicted molar refractivity (Wildman–Crippen MR) is 67.8 cm³/mol. The molecule has 142 valence electrons. The number of thioether (sulfide) groups is 1. The van der Waals surface area contributed by atoms with E-state index >= 15 is 0 Å². The standard InChI is InChI=1S/C12H6F7N3O3S/c1-22-10(11(24)25-21-22)26-2-3(23)20-9-7(15)5(13)4(12(17,18)19)6(14)8(9)16/h2H2,1H3,(H-,20,21,23,24). The van der Waals surface area contributed by atoms with Crippen LogP contribution in [0.25, 0.3) is 0 Å². The first-order valence-corrected chi connectivity index (χ1v) is 7.32. The van der Waals surface area contributed by atoms with E-state index in [2.05, 4.69) is 9.79 Å². The summed E-state index contributed by atoms with van der Waals surface area (Å²) in [7, 11) is 1.28. The number of benzene rings is 1. The summed E-state index contributed by atoms with van der Waals surface area (Å²) in [5, 5.41) is 15.7. The highest BCUT2D eigenvalue weighted by atomic mass is 32.2. The average Bonchev–Trinajstić information content (AvgIpc) is 2.85. The van der Waals surface area contributed by atoms with Gasteiger partial charge in [0.1, 0.15) is 11.3 Å². The summed E-state index contributed by atoms with van der Waals surface area (Å²) in [6.07, 6.45) is -5.69. The largest absolute Gasteiger partial charge is 0.538 e. The molecule has 0 atom stereocenters. The Labute approximate surface area is 143 Å². The summed E-state index contributed by atoms with van der Waals surface area (Å²) in [5.74, 6) is -13.1. The Morgan fingerprint density at radius 1 is 1.19 bits per heavy atom. The molecule has 0 aliphatic rings. The number of nitrogens with one attached hydrogen (secondary N) is 1. The van der Waals surface area contributed by atoms with Gasteiger partial charge in [0, 0.05) is 0 Å². The number of carbonyl (C=O) groups excluding carboxylic acids is 1. The number of nitrogens with zero attached hydrogens (tertiary/aromatic N) is 2. The molecule has 1 aromatic carbocycles. The molecule has 2 rings (SSSR count). The second-order valence-corrected chi connectivity index (χ2v) is 5.59. The molecule has 0 saturated carbocycles. The highest BCUT2D eigenvalue weighted by Gasteiger charge is 2.42. The Morgan fingerprint density at radius 3 is 2.15 bits per heavy atom. The molecule has 1 heterocycles. The van der Waals surface area contributed by atoms with E-state index in [1.54, 1.807) is 0 Å². The van der Waals surface area contributed by atoms with Crippen molar-refractivity contribution in [2.75, 3.05) is 11.1 Å². The second-order valence-electron chi connectivity index (χ2n) is 4.63. The number of rotatable bonds is 4. The number of hydrogen-bond acceptors (Lipinski definition) is 5. The van der Waals surface area contributed by atoms with Gasteiger partial charge in [0.15, 0.2) is 36.3 Å². The van der Waals surface area contributed by atoms with Crippen molar-refractivity contribution in [3.63, 3.8) is 0 Å². The molecule has 14 heteroatoms. The van der Waals surface area contributed by atoms with Crippen LogP contribution in [0.15, 0.2) is 9.55 Å². The summed E-state index contributed by atoms with van der Waals surface area (Å²) in [4.78, 5) is 11.6. The molecule has 0 radical (unpaired) electrons. The number of carbonyl (C=O) groups is 1. The lowest BCUT2D eigenvalue weighted by Gasteiger charge is -2.14. The zero-order chi connectivity index (χ0) is 19.8. The minimum atomic E-state index is -5.69. The van der Waals surface area contributed by atoms with Crippen LogP contribution in [0.3, 0.4) is 0 Å². The van der Waals surface area contributed by atoms with Crippen molar-refractivity contribution < 1.29 is 49.8 Å².